The third kappa shape index (κ3) is 4.04. The lowest BCUT2D eigenvalue weighted by molar-refractivity contribution is -0.125. The van der Waals surface area contributed by atoms with Crippen LogP contribution in [-0.4, -0.2) is 30.3 Å². The van der Waals surface area contributed by atoms with Gasteiger partial charge in [0.15, 0.2) is 6.61 Å². The first-order valence-electron chi connectivity index (χ1n) is 14.1. The lowest BCUT2D eigenvalue weighted by Gasteiger charge is -2.45. The predicted octanol–water partition coefficient (Wildman–Crippen LogP) is 5.12. The Morgan fingerprint density at radius 2 is 1.19 bits per heavy atom. The van der Waals surface area contributed by atoms with Gasteiger partial charge in [-0.15, -0.1) is 0 Å². The first kappa shape index (κ1) is 25.9. The summed E-state index contributed by atoms with van der Waals surface area (Å²) in [4.78, 5) is 54.1. The fourth-order valence-corrected chi connectivity index (χ4v) is 7.00. The average Bonchev–Trinajstić information content (AvgIpc) is 3.30. The molecule has 3 atom stereocenters. The molecule has 0 radical (unpaired) electrons. The highest BCUT2D eigenvalue weighted by atomic mass is 16.5. The van der Waals surface area contributed by atoms with Crippen molar-refractivity contribution in [3.05, 3.63) is 137 Å². The number of nitrogens with zero attached hydrogens (tertiary/aromatic N) is 1. The van der Waals surface area contributed by atoms with Crippen LogP contribution in [0.15, 0.2) is 103 Å². The van der Waals surface area contributed by atoms with E-state index in [1.165, 1.54) is 17.0 Å². The first-order chi connectivity index (χ1) is 20.4. The van der Waals surface area contributed by atoms with E-state index in [9.17, 15) is 19.2 Å². The molecule has 1 aliphatic heterocycles. The van der Waals surface area contributed by atoms with E-state index < -0.39 is 30.3 Å². The Balaban J connectivity index is 1.07. The molecule has 208 valence electrons. The van der Waals surface area contributed by atoms with Crippen LogP contribution in [0.25, 0.3) is 0 Å². The SMILES string of the molecule is C[C@H](NC(=O)COC(=O)c1ccc(N2C(=O)[C@@H]3C4c5ccccc5C(c5ccccc54)[C@@H]3C2=O)cc1)c1ccccc1. The molecule has 0 spiro atoms. The van der Waals surface area contributed by atoms with E-state index in [1.54, 1.807) is 12.1 Å². The number of nitrogens with one attached hydrogen (secondary N) is 1. The number of esters is 1. The van der Waals surface area contributed by atoms with Gasteiger partial charge in [0.2, 0.25) is 11.8 Å². The van der Waals surface area contributed by atoms with Gasteiger partial charge in [-0.3, -0.25) is 14.4 Å². The summed E-state index contributed by atoms with van der Waals surface area (Å²) in [5.74, 6) is -2.84. The standard InChI is InChI=1S/C35H28N2O5/c1-20(21-9-3-2-4-10-21)36-28(38)19-42-35(41)22-15-17-23(18-16-22)37-33(39)31-29-24-11-5-6-12-25(24)30(32(31)34(37)40)27-14-8-7-13-26(27)29/h2-18,20,29-32H,19H2,1H3,(H,36,38)/t20-,29?,30?,31-,32+/m0/s1. The second kappa shape index (κ2) is 10.1. The van der Waals surface area contributed by atoms with Crippen LogP contribution in [0.4, 0.5) is 5.69 Å². The quantitative estimate of drug-likeness (QED) is 0.263. The van der Waals surface area contributed by atoms with Crippen LogP contribution in [0.1, 0.15) is 63.0 Å². The predicted molar refractivity (Wildman–Crippen MR) is 156 cm³/mol. The Kier molecular flexibility index (Phi) is 6.23. The van der Waals surface area contributed by atoms with E-state index in [4.69, 9.17) is 4.74 Å². The van der Waals surface area contributed by atoms with Crippen LogP contribution in [-0.2, 0) is 19.1 Å². The molecule has 7 nitrogen and oxygen atoms in total. The lowest BCUT2D eigenvalue weighted by Crippen LogP contribution is -2.41. The zero-order valence-corrected chi connectivity index (χ0v) is 22.9. The summed E-state index contributed by atoms with van der Waals surface area (Å²) in [6.07, 6.45) is 0. The molecule has 3 aliphatic carbocycles. The highest BCUT2D eigenvalue weighted by Gasteiger charge is 2.61. The van der Waals surface area contributed by atoms with E-state index in [1.807, 2.05) is 61.5 Å². The molecule has 1 fully saturated rings. The van der Waals surface area contributed by atoms with Crippen LogP contribution in [0.3, 0.4) is 0 Å². The Hall–Kier alpha value is -5.04. The van der Waals surface area contributed by atoms with Gasteiger partial charge in [-0.2, -0.15) is 0 Å². The molecule has 4 aliphatic rings. The number of amides is 3. The number of imide groups is 1. The third-order valence-electron chi connectivity index (χ3n) is 8.82. The summed E-state index contributed by atoms with van der Waals surface area (Å²) in [5.41, 5.74) is 6.05. The Bertz CT molecular complexity index is 1620. The van der Waals surface area contributed by atoms with Crippen molar-refractivity contribution in [3.63, 3.8) is 0 Å². The van der Waals surface area contributed by atoms with Crippen molar-refractivity contribution < 1.29 is 23.9 Å². The van der Waals surface area contributed by atoms with Gasteiger partial charge in [0, 0.05) is 11.8 Å². The van der Waals surface area contributed by atoms with Crippen molar-refractivity contribution in [2.24, 2.45) is 11.8 Å². The number of hydrogen-bond donors (Lipinski definition) is 1. The number of carbonyl (C=O) groups is 4. The van der Waals surface area contributed by atoms with Crippen molar-refractivity contribution in [1.82, 2.24) is 5.32 Å². The average molecular weight is 557 g/mol. The van der Waals surface area contributed by atoms with Gasteiger partial charge in [0.25, 0.3) is 5.91 Å². The molecule has 8 rings (SSSR count). The number of anilines is 1. The Labute approximate surface area is 243 Å². The molecule has 0 aromatic heterocycles. The molecule has 2 bridgehead atoms. The van der Waals surface area contributed by atoms with E-state index in [2.05, 4.69) is 29.6 Å². The molecular weight excluding hydrogens is 528 g/mol. The number of benzene rings is 4. The molecule has 3 amide bonds. The van der Waals surface area contributed by atoms with Gasteiger partial charge < -0.3 is 10.1 Å². The van der Waals surface area contributed by atoms with Gasteiger partial charge in [-0.25, -0.2) is 9.69 Å². The van der Waals surface area contributed by atoms with Crippen molar-refractivity contribution in [2.75, 3.05) is 11.5 Å². The fraction of sp³-hybridized carbons (Fsp3) is 0.200. The zero-order chi connectivity index (χ0) is 29.0. The number of rotatable bonds is 6. The molecular formula is C35H28N2O5. The second-order valence-corrected chi connectivity index (χ2v) is 11.1. The summed E-state index contributed by atoms with van der Waals surface area (Å²) in [6, 6.07) is 31.7. The number of carbonyl (C=O) groups excluding carboxylic acids is 4. The molecule has 1 saturated heterocycles. The highest BCUT2D eigenvalue weighted by Crippen LogP contribution is 2.61. The fourth-order valence-electron chi connectivity index (χ4n) is 7.00. The first-order valence-corrected chi connectivity index (χ1v) is 14.1. The van der Waals surface area contributed by atoms with Crippen LogP contribution in [0.5, 0.6) is 0 Å². The molecule has 0 saturated carbocycles. The van der Waals surface area contributed by atoms with Crippen LogP contribution >= 0.6 is 0 Å². The molecule has 4 aromatic carbocycles. The molecule has 42 heavy (non-hydrogen) atoms. The monoisotopic (exact) mass is 556 g/mol. The van der Waals surface area contributed by atoms with Crippen LogP contribution < -0.4 is 10.2 Å². The van der Waals surface area contributed by atoms with Crippen molar-refractivity contribution >= 4 is 29.4 Å². The van der Waals surface area contributed by atoms with Crippen molar-refractivity contribution in [1.29, 1.82) is 0 Å². The molecule has 1 N–H and O–H groups in total. The van der Waals surface area contributed by atoms with Gasteiger partial charge in [-0.05, 0) is 59.0 Å². The van der Waals surface area contributed by atoms with Crippen molar-refractivity contribution in [3.8, 4) is 0 Å². The Morgan fingerprint density at radius 1 is 0.714 bits per heavy atom. The normalized spacial score (nSPS) is 22.2. The molecule has 1 heterocycles. The largest absolute Gasteiger partial charge is 0.452 e. The maximum Gasteiger partial charge on any atom is 0.338 e. The number of hydrogen-bond acceptors (Lipinski definition) is 5. The third-order valence-corrected chi connectivity index (χ3v) is 8.82. The minimum Gasteiger partial charge on any atom is -0.452 e. The maximum absolute atomic E-state index is 13.9. The second-order valence-electron chi connectivity index (χ2n) is 11.1. The van der Waals surface area contributed by atoms with Crippen LogP contribution in [0, 0.1) is 11.8 Å². The summed E-state index contributed by atoms with van der Waals surface area (Å²) >= 11 is 0. The maximum atomic E-state index is 13.9. The van der Waals surface area contributed by atoms with Crippen LogP contribution in [0.2, 0.25) is 0 Å². The smallest absolute Gasteiger partial charge is 0.338 e. The lowest BCUT2D eigenvalue weighted by atomic mass is 9.55. The molecule has 0 unspecified atom stereocenters. The molecule has 7 heteroatoms. The van der Waals surface area contributed by atoms with Gasteiger partial charge in [0.05, 0.1) is 29.1 Å². The zero-order valence-electron chi connectivity index (χ0n) is 22.9. The minimum absolute atomic E-state index is 0.182. The van der Waals surface area contributed by atoms with E-state index in [0.717, 1.165) is 27.8 Å². The summed E-state index contributed by atoms with van der Waals surface area (Å²) in [5, 5.41) is 2.81. The summed E-state index contributed by atoms with van der Waals surface area (Å²) in [6.45, 7) is 1.43. The van der Waals surface area contributed by atoms with Gasteiger partial charge in [-0.1, -0.05) is 78.9 Å². The van der Waals surface area contributed by atoms with Gasteiger partial charge >= 0.3 is 5.97 Å². The molecule has 4 aromatic rings. The number of ether oxygens (including phenoxy) is 1. The van der Waals surface area contributed by atoms with E-state index in [0.29, 0.717) is 5.69 Å². The summed E-state index contributed by atoms with van der Waals surface area (Å²) < 4.78 is 5.22. The minimum atomic E-state index is -0.666. The van der Waals surface area contributed by atoms with Gasteiger partial charge in [0.1, 0.15) is 0 Å². The topological polar surface area (TPSA) is 92.8 Å². The van der Waals surface area contributed by atoms with Crippen molar-refractivity contribution in [2.45, 2.75) is 24.8 Å². The highest BCUT2D eigenvalue weighted by molar-refractivity contribution is 6.23. The van der Waals surface area contributed by atoms with E-state index in [-0.39, 0.29) is 35.3 Å². The Morgan fingerprint density at radius 3 is 1.69 bits per heavy atom. The summed E-state index contributed by atoms with van der Waals surface area (Å²) in [7, 11) is 0. The van der Waals surface area contributed by atoms with E-state index >= 15 is 0 Å².